The first kappa shape index (κ1) is 13.4. The molecule has 6 unspecified atom stereocenters. The van der Waals surface area contributed by atoms with E-state index < -0.39 is 6.29 Å². The van der Waals surface area contributed by atoms with Crippen molar-refractivity contribution < 1.29 is 23.7 Å². The number of esters is 1. The Kier molecular flexibility index (Phi) is 3.14. The Labute approximate surface area is 124 Å². The Morgan fingerprint density at radius 1 is 1.10 bits per heavy atom. The van der Waals surface area contributed by atoms with Crippen LogP contribution in [-0.4, -0.2) is 30.6 Å². The Bertz CT molecular complexity index is 485. The van der Waals surface area contributed by atoms with Crippen molar-refractivity contribution >= 4 is 5.97 Å². The highest BCUT2D eigenvalue weighted by molar-refractivity contribution is 5.73. The van der Waals surface area contributed by atoms with Crippen LogP contribution in [0.15, 0.2) is 11.5 Å². The Balaban J connectivity index is 1.51. The third-order valence-corrected chi connectivity index (χ3v) is 5.10. The Hall–Kier alpha value is -1.23. The van der Waals surface area contributed by atoms with Crippen LogP contribution < -0.4 is 0 Å². The number of ether oxygens (including phenoxy) is 4. The van der Waals surface area contributed by atoms with E-state index in [1.807, 2.05) is 0 Å². The van der Waals surface area contributed by atoms with Gasteiger partial charge in [0.25, 0.3) is 5.95 Å². The first-order valence-corrected chi connectivity index (χ1v) is 8.04. The topological polar surface area (TPSA) is 54.0 Å². The predicted molar refractivity (Wildman–Crippen MR) is 72.9 cm³/mol. The molecule has 0 radical (unpaired) electrons. The van der Waals surface area contributed by atoms with Gasteiger partial charge in [0.15, 0.2) is 6.10 Å². The molecule has 6 atom stereocenters. The molecule has 0 amide bonds. The zero-order chi connectivity index (χ0) is 14.6. The minimum absolute atomic E-state index is 0.201. The minimum Gasteiger partial charge on any atom is -0.455 e. The van der Waals surface area contributed by atoms with Gasteiger partial charge in [-0.15, -0.1) is 0 Å². The molecular weight excluding hydrogens is 272 g/mol. The largest absolute Gasteiger partial charge is 0.455 e. The van der Waals surface area contributed by atoms with Crippen LogP contribution in [0.25, 0.3) is 0 Å². The highest BCUT2D eigenvalue weighted by Crippen LogP contribution is 2.44. The molecule has 0 spiro atoms. The molecule has 1 aliphatic carbocycles. The lowest BCUT2D eigenvalue weighted by Crippen LogP contribution is -2.30. The molecule has 0 aromatic rings. The van der Waals surface area contributed by atoms with Crippen molar-refractivity contribution in [1.29, 1.82) is 0 Å². The molecule has 0 N–H and O–H groups in total. The number of carbonyl (C=O) groups is 1. The van der Waals surface area contributed by atoms with Crippen molar-refractivity contribution in [3.8, 4) is 0 Å². The van der Waals surface area contributed by atoms with Gasteiger partial charge in [-0.3, -0.25) is 4.79 Å². The highest BCUT2D eigenvalue weighted by atomic mass is 16.8. The molecule has 0 bridgehead atoms. The summed E-state index contributed by atoms with van der Waals surface area (Å²) < 4.78 is 22.9. The molecule has 1 saturated carbocycles. The summed E-state index contributed by atoms with van der Waals surface area (Å²) >= 11 is 0. The highest BCUT2D eigenvalue weighted by Gasteiger charge is 2.58. The summed E-state index contributed by atoms with van der Waals surface area (Å²) in [5, 5.41) is 0. The Morgan fingerprint density at radius 3 is 2.76 bits per heavy atom. The lowest BCUT2D eigenvalue weighted by molar-refractivity contribution is -0.145. The molecule has 21 heavy (non-hydrogen) atoms. The van der Waals surface area contributed by atoms with E-state index in [2.05, 4.69) is 13.8 Å². The third-order valence-electron chi connectivity index (χ3n) is 5.10. The molecule has 0 aromatic heterocycles. The van der Waals surface area contributed by atoms with Crippen LogP contribution in [0.3, 0.4) is 0 Å². The number of allylic oxidation sites excluding steroid dienone is 1. The van der Waals surface area contributed by atoms with Gasteiger partial charge in [-0.2, -0.15) is 0 Å². The van der Waals surface area contributed by atoms with Gasteiger partial charge in [0, 0.05) is 5.57 Å². The quantitative estimate of drug-likeness (QED) is 0.695. The summed E-state index contributed by atoms with van der Waals surface area (Å²) in [5.41, 5.74) is 1.26. The van der Waals surface area contributed by atoms with Crippen molar-refractivity contribution in [2.75, 3.05) is 0 Å². The maximum Gasteiger partial charge on any atom is 0.309 e. The van der Waals surface area contributed by atoms with E-state index in [-0.39, 0.29) is 24.3 Å². The minimum atomic E-state index is -0.409. The summed E-state index contributed by atoms with van der Waals surface area (Å²) in [4.78, 5) is 11.3. The van der Waals surface area contributed by atoms with Gasteiger partial charge < -0.3 is 18.9 Å². The van der Waals surface area contributed by atoms with E-state index in [1.54, 1.807) is 0 Å². The predicted octanol–water partition coefficient (Wildman–Crippen LogP) is 2.50. The average molecular weight is 294 g/mol. The van der Waals surface area contributed by atoms with E-state index >= 15 is 0 Å². The fourth-order valence-corrected chi connectivity index (χ4v) is 4.07. The average Bonchev–Trinajstić information content (AvgIpc) is 3.08. The van der Waals surface area contributed by atoms with Crippen molar-refractivity contribution in [2.24, 2.45) is 11.8 Å². The SMILES string of the molecule is CCC1C/C(=C2\OC3OC4CC(=O)OC4C3O2)CC(C)C1. The van der Waals surface area contributed by atoms with E-state index in [0.717, 1.165) is 12.8 Å². The molecule has 4 aliphatic rings. The standard InChI is InChI=1S/C16H22O5/c1-3-9-4-8(2)5-10(6-9)15-20-14-13-11(7-12(17)19-13)18-16(14)21-15/h8-9,11,13-14,16H,3-7H2,1-2H3/b15-10-. The molecule has 5 nitrogen and oxygen atoms in total. The van der Waals surface area contributed by atoms with Crippen LogP contribution in [0.2, 0.25) is 0 Å². The summed E-state index contributed by atoms with van der Waals surface area (Å²) in [6.45, 7) is 4.52. The van der Waals surface area contributed by atoms with Crippen LogP contribution in [-0.2, 0) is 23.7 Å². The zero-order valence-electron chi connectivity index (χ0n) is 12.5. The van der Waals surface area contributed by atoms with Crippen LogP contribution >= 0.6 is 0 Å². The molecule has 3 aliphatic heterocycles. The molecule has 3 heterocycles. The maximum absolute atomic E-state index is 11.3. The molecule has 4 rings (SSSR count). The first-order valence-electron chi connectivity index (χ1n) is 8.04. The number of carbonyl (C=O) groups excluding carboxylic acids is 1. The molecule has 3 saturated heterocycles. The summed E-state index contributed by atoms with van der Waals surface area (Å²) in [6.07, 6.45) is 3.64. The van der Waals surface area contributed by atoms with Gasteiger partial charge >= 0.3 is 5.97 Å². The van der Waals surface area contributed by atoms with E-state index in [4.69, 9.17) is 18.9 Å². The third kappa shape index (κ3) is 2.22. The Morgan fingerprint density at radius 2 is 1.95 bits per heavy atom. The number of hydrogen-bond acceptors (Lipinski definition) is 5. The monoisotopic (exact) mass is 294 g/mol. The van der Waals surface area contributed by atoms with E-state index in [0.29, 0.717) is 24.2 Å². The van der Waals surface area contributed by atoms with Gasteiger partial charge in [0.1, 0.15) is 6.10 Å². The van der Waals surface area contributed by atoms with Crippen molar-refractivity contribution in [3.05, 3.63) is 11.5 Å². The van der Waals surface area contributed by atoms with Crippen molar-refractivity contribution in [1.82, 2.24) is 0 Å². The van der Waals surface area contributed by atoms with Crippen molar-refractivity contribution in [2.45, 2.75) is 70.6 Å². The van der Waals surface area contributed by atoms with E-state index in [9.17, 15) is 4.79 Å². The van der Waals surface area contributed by atoms with Gasteiger partial charge in [0.05, 0.1) is 6.42 Å². The van der Waals surface area contributed by atoms with Gasteiger partial charge in [-0.1, -0.05) is 20.3 Å². The summed E-state index contributed by atoms with van der Waals surface area (Å²) in [7, 11) is 0. The lowest BCUT2D eigenvalue weighted by atomic mass is 9.78. The molecule has 4 fully saturated rings. The fraction of sp³-hybridized carbons (Fsp3) is 0.812. The van der Waals surface area contributed by atoms with Gasteiger partial charge in [-0.05, 0) is 31.1 Å². The normalized spacial score (nSPS) is 48.4. The second kappa shape index (κ2) is 4.90. The van der Waals surface area contributed by atoms with Crippen molar-refractivity contribution in [3.63, 3.8) is 0 Å². The van der Waals surface area contributed by atoms with E-state index in [1.165, 1.54) is 18.4 Å². The van der Waals surface area contributed by atoms with Crippen LogP contribution in [0, 0.1) is 11.8 Å². The summed E-state index contributed by atoms with van der Waals surface area (Å²) in [6, 6.07) is 0. The van der Waals surface area contributed by atoms with Crippen LogP contribution in [0.5, 0.6) is 0 Å². The molecule has 5 heteroatoms. The number of rotatable bonds is 1. The maximum atomic E-state index is 11.3. The van der Waals surface area contributed by atoms with Gasteiger partial charge in [0.2, 0.25) is 12.4 Å². The van der Waals surface area contributed by atoms with Crippen LogP contribution in [0.4, 0.5) is 0 Å². The fourth-order valence-electron chi connectivity index (χ4n) is 4.07. The molecule has 0 aromatic carbocycles. The second-order valence-electron chi connectivity index (χ2n) is 6.82. The second-order valence-corrected chi connectivity index (χ2v) is 6.82. The number of fused-ring (bicyclic) bond motifs is 3. The zero-order valence-corrected chi connectivity index (χ0v) is 12.5. The lowest BCUT2D eigenvalue weighted by Gasteiger charge is -2.28. The molecule has 116 valence electrons. The summed E-state index contributed by atoms with van der Waals surface area (Å²) in [5.74, 6) is 1.81. The van der Waals surface area contributed by atoms with Gasteiger partial charge in [-0.25, -0.2) is 0 Å². The molecular formula is C16H22O5. The van der Waals surface area contributed by atoms with Crippen LogP contribution in [0.1, 0.15) is 46.0 Å². The number of hydrogen-bond donors (Lipinski definition) is 0. The smallest absolute Gasteiger partial charge is 0.309 e. The first-order chi connectivity index (χ1) is 10.1.